The molecule has 2 fully saturated rings. The van der Waals surface area contributed by atoms with Crippen molar-refractivity contribution in [1.82, 2.24) is 29.1 Å². The van der Waals surface area contributed by atoms with Crippen molar-refractivity contribution in [3.63, 3.8) is 0 Å². The lowest BCUT2D eigenvalue weighted by Gasteiger charge is -2.31. The highest BCUT2D eigenvalue weighted by Gasteiger charge is 2.53. The summed E-state index contributed by atoms with van der Waals surface area (Å²) in [7, 11) is 2.61. The standard InChI is InChI=1S/C27H38N7O13PS/c1-27(2,25(38)42-4)49-48(40,44-11-16-14(36)9-18(45-16)34-13-31-19-22(28)29-12-30-23(19)34)47-20-15(10-35)46-24(21(20)43-8-7-41-3)33-6-5-17(37)32-26(33)39/h5-6,12-16,18,20-21,24,35-36H,7-11H2,1-4H3,(H2,28,29,30)(H,32,37,39)/t14-,15+,16+,18+,20+,21+,24+,48-/m0/s1. The Morgan fingerprint density at radius 1 is 1.16 bits per heavy atom. The molecule has 0 amide bonds. The number of aromatic amines is 1. The normalized spacial score (nSPS) is 27.0. The van der Waals surface area contributed by atoms with E-state index in [4.69, 9.17) is 38.5 Å². The van der Waals surface area contributed by atoms with Crippen LogP contribution >= 0.6 is 18.2 Å². The van der Waals surface area contributed by atoms with E-state index in [1.54, 1.807) is 4.57 Å². The summed E-state index contributed by atoms with van der Waals surface area (Å²) >= 11 is 0.520. The van der Waals surface area contributed by atoms with Gasteiger partial charge in [-0.2, -0.15) is 0 Å². The van der Waals surface area contributed by atoms with Gasteiger partial charge in [0.15, 0.2) is 17.7 Å². The molecular formula is C27H38N7O13PS. The van der Waals surface area contributed by atoms with E-state index in [1.807, 2.05) is 0 Å². The fourth-order valence-corrected chi connectivity index (χ4v) is 9.78. The van der Waals surface area contributed by atoms with Crippen molar-refractivity contribution in [2.45, 2.75) is 68.0 Å². The van der Waals surface area contributed by atoms with E-state index in [0.29, 0.717) is 22.5 Å². The predicted molar refractivity (Wildman–Crippen MR) is 170 cm³/mol. The van der Waals surface area contributed by atoms with Crippen LogP contribution in [0.5, 0.6) is 0 Å². The van der Waals surface area contributed by atoms with Crippen molar-refractivity contribution in [2.75, 3.05) is 46.4 Å². The summed E-state index contributed by atoms with van der Waals surface area (Å²) < 4.78 is 55.8. The first-order chi connectivity index (χ1) is 23.3. The number of fused-ring (bicyclic) bond motifs is 1. The van der Waals surface area contributed by atoms with Crippen molar-refractivity contribution in [3.05, 3.63) is 45.8 Å². The zero-order valence-corrected chi connectivity index (χ0v) is 28.7. The molecule has 270 valence electrons. The second kappa shape index (κ2) is 15.3. The molecule has 0 bridgehead atoms. The number of carbonyl (C=O) groups excluding carboxylic acids is 1. The lowest BCUT2D eigenvalue weighted by atomic mass is 10.1. The van der Waals surface area contributed by atoms with Crippen LogP contribution in [0.2, 0.25) is 0 Å². The number of hydrogen-bond donors (Lipinski definition) is 4. The van der Waals surface area contributed by atoms with Crippen LogP contribution in [0.3, 0.4) is 0 Å². The number of aromatic nitrogens is 6. The maximum Gasteiger partial charge on any atom is 0.390 e. The van der Waals surface area contributed by atoms with E-state index in [0.717, 1.165) is 17.7 Å². The number of rotatable bonds is 15. The Morgan fingerprint density at radius 2 is 1.94 bits per heavy atom. The number of ether oxygens (including phenoxy) is 5. The van der Waals surface area contributed by atoms with Gasteiger partial charge in [0.25, 0.3) is 5.56 Å². The second-order valence-corrected chi connectivity index (χ2v) is 16.0. The molecule has 49 heavy (non-hydrogen) atoms. The molecule has 20 nitrogen and oxygen atoms in total. The molecule has 5 rings (SSSR count). The van der Waals surface area contributed by atoms with E-state index in [9.17, 15) is 29.2 Å². The molecule has 0 saturated carbocycles. The largest absolute Gasteiger partial charge is 0.468 e. The number of anilines is 1. The summed E-state index contributed by atoms with van der Waals surface area (Å²) in [6, 6.07) is 1.09. The average molecular weight is 732 g/mol. The first-order valence-electron chi connectivity index (χ1n) is 15.0. The van der Waals surface area contributed by atoms with Crippen molar-refractivity contribution in [3.8, 4) is 0 Å². The van der Waals surface area contributed by atoms with Gasteiger partial charge < -0.3 is 39.6 Å². The Labute approximate surface area is 282 Å². The van der Waals surface area contributed by atoms with Gasteiger partial charge in [0, 0.05) is 25.8 Å². The number of H-pyrrole nitrogens is 1. The van der Waals surface area contributed by atoms with Crippen LogP contribution in [0.25, 0.3) is 11.2 Å². The maximum atomic E-state index is 14.7. The number of nitrogen functional groups attached to an aromatic ring is 1. The minimum atomic E-state index is -4.51. The average Bonchev–Trinajstić information content (AvgIpc) is 3.75. The summed E-state index contributed by atoms with van der Waals surface area (Å²) in [6.45, 7) is -2.68. The number of nitrogens with two attached hydrogens (primary N) is 1. The predicted octanol–water partition coefficient (Wildman–Crippen LogP) is -0.277. The molecule has 0 aliphatic carbocycles. The Balaban J connectivity index is 1.42. The molecular weight excluding hydrogens is 693 g/mol. The lowest BCUT2D eigenvalue weighted by molar-refractivity contribution is -0.142. The SMILES string of the molecule is COCCO[C@@H]1[C@H](O[P@](=O)(OC[C@H]2O[C@@H](n3cnc4c(N)ncnc43)C[C@@H]2O)SC(C)(C)C(=O)OC)[C@@H](CO)O[C@H]1n1ccc(=O)[nH]c1=O. The fourth-order valence-electron chi connectivity index (χ4n) is 5.35. The van der Waals surface area contributed by atoms with Crippen LogP contribution in [0, 0.1) is 0 Å². The minimum absolute atomic E-state index is 0.0356. The lowest BCUT2D eigenvalue weighted by Crippen LogP contribution is -2.41. The van der Waals surface area contributed by atoms with Gasteiger partial charge in [0.05, 0.1) is 46.0 Å². The number of esters is 1. The molecule has 2 aliphatic heterocycles. The molecule has 2 saturated heterocycles. The number of aliphatic hydroxyl groups is 2. The highest BCUT2D eigenvalue weighted by Crippen LogP contribution is 2.67. The molecule has 5 N–H and O–H groups in total. The van der Waals surface area contributed by atoms with Crippen LogP contribution in [0.15, 0.2) is 34.5 Å². The molecule has 0 spiro atoms. The zero-order chi connectivity index (χ0) is 35.5. The van der Waals surface area contributed by atoms with Crippen LogP contribution in [-0.2, 0) is 42.1 Å². The molecule has 2 aliphatic rings. The maximum absolute atomic E-state index is 14.7. The van der Waals surface area contributed by atoms with Gasteiger partial charge in [-0.1, -0.05) is 0 Å². The third kappa shape index (κ3) is 8.06. The number of nitrogens with zero attached hydrogens (tertiary/aromatic N) is 5. The van der Waals surface area contributed by atoms with Gasteiger partial charge in [-0.15, -0.1) is 0 Å². The topological polar surface area (TPSA) is 264 Å². The smallest absolute Gasteiger partial charge is 0.390 e. The van der Waals surface area contributed by atoms with E-state index in [-0.39, 0.29) is 25.5 Å². The number of imidazole rings is 1. The van der Waals surface area contributed by atoms with Crippen LogP contribution < -0.4 is 17.0 Å². The number of methoxy groups -OCH3 is 2. The Kier molecular flexibility index (Phi) is 11.6. The van der Waals surface area contributed by atoms with Gasteiger partial charge in [0.1, 0.15) is 47.2 Å². The summed E-state index contributed by atoms with van der Waals surface area (Å²) in [4.78, 5) is 51.6. The van der Waals surface area contributed by atoms with E-state index in [2.05, 4.69) is 19.9 Å². The highest BCUT2D eigenvalue weighted by atomic mass is 32.7. The number of carbonyl (C=O) groups is 1. The fraction of sp³-hybridized carbons (Fsp3) is 0.630. The highest BCUT2D eigenvalue weighted by molar-refractivity contribution is 8.56. The monoisotopic (exact) mass is 731 g/mol. The third-order valence-corrected chi connectivity index (χ3v) is 12.2. The van der Waals surface area contributed by atoms with Crippen LogP contribution in [0.4, 0.5) is 5.82 Å². The first kappa shape index (κ1) is 37.0. The van der Waals surface area contributed by atoms with Gasteiger partial charge >= 0.3 is 18.5 Å². The minimum Gasteiger partial charge on any atom is -0.468 e. The van der Waals surface area contributed by atoms with Gasteiger partial charge in [-0.25, -0.2) is 24.3 Å². The number of aliphatic hydroxyl groups excluding tert-OH is 2. The van der Waals surface area contributed by atoms with Crippen LogP contribution in [-0.4, -0.2) is 121 Å². The van der Waals surface area contributed by atoms with Crippen molar-refractivity contribution < 1.29 is 52.3 Å². The van der Waals surface area contributed by atoms with E-state index >= 15 is 0 Å². The van der Waals surface area contributed by atoms with Gasteiger partial charge in [-0.3, -0.25) is 32.8 Å². The Hall–Kier alpha value is -3.24. The van der Waals surface area contributed by atoms with Crippen molar-refractivity contribution in [1.29, 1.82) is 0 Å². The molecule has 3 aromatic rings. The Bertz CT molecular complexity index is 1790. The molecule has 3 aromatic heterocycles. The number of nitrogens with one attached hydrogen (secondary N) is 1. The van der Waals surface area contributed by atoms with E-state index in [1.165, 1.54) is 39.8 Å². The molecule has 22 heteroatoms. The molecule has 5 heterocycles. The summed E-state index contributed by atoms with van der Waals surface area (Å²) in [5.41, 5.74) is 5.13. The molecule has 0 unspecified atom stereocenters. The van der Waals surface area contributed by atoms with Gasteiger partial charge in [0.2, 0.25) is 0 Å². The first-order valence-corrected chi connectivity index (χ1v) is 17.9. The molecule has 0 aromatic carbocycles. The number of hydrogen-bond acceptors (Lipinski definition) is 18. The van der Waals surface area contributed by atoms with Crippen molar-refractivity contribution in [2.24, 2.45) is 0 Å². The van der Waals surface area contributed by atoms with Gasteiger partial charge in [-0.05, 0) is 25.2 Å². The molecule has 8 atom stereocenters. The Morgan fingerprint density at radius 3 is 2.63 bits per heavy atom. The van der Waals surface area contributed by atoms with E-state index < -0.39 is 85.0 Å². The third-order valence-electron chi connectivity index (χ3n) is 7.75. The summed E-state index contributed by atoms with van der Waals surface area (Å²) in [6.07, 6.45) is -3.96. The molecule has 0 radical (unpaired) electrons. The van der Waals surface area contributed by atoms with Crippen LogP contribution in [0.1, 0.15) is 32.7 Å². The zero-order valence-electron chi connectivity index (χ0n) is 26.9. The summed E-state index contributed by atoms with van der Waals surface area (Å²) in [5.74, 6) is -0.581. The summed E-state index contributed by atoms with van der Waals surface area (Å²) in [5, 5.41) is 21.2. The van der Waals surface area contributed by atoms with Crippen molar-refractivity contribution >= 4 is 41.1 Å². The second-order valence-electron chi connectivity index (χ2n) is 11.5. The quantitative estimate of drug-likeness (QED) is 0.0890.